The first-order chi connectivity index (χ1) is 10.6. The summed E-state index contributed by atoms with van der Waals surface area (Å²) >= 11 is 0. The molecule has 3 unspecified atom stereocenters. The van der Waals surface area contributed by atoms with Gasteiger partial charge in [-0.05, 0) is 63.3 Å². The van der Waals surface area contributed by atoms with E-state index in [1.54, 1.807) is 0 Å². The van der Waals surface area contributed by atoms with Crippen LogP contribution >= 0.6 is 0 Å². The summed E-state index contributed by atoms with van der Waals surface area (Å²) in [5.41, 5.74) is 0. The lowest BCUT2D eigenvalue weighted by Crippen LogP contribution is -2.53. The van der Waals surface area contributed by atoms with E-state index in [0.717, 1.165) is 37.9 Å². The first-order valence-corrected chi connectivity index (χ1v) is 9.31. The molecule has 2 aliphatic carbocycles. The first kappa shape index (κ1) is 16.3. The second-order valence-electron chi connectivity index (χ2n) is 7.99. The van der Waals surface area contributed by atoms with Crippen molar-refractivity contribution in [3.8, 4) is 0 Å². The van der Waals surface area contributed by atoms with Crippen LogP contribution in [0.3, 0.4) is 0 Å². The van der Waals surface area contributed by atoms with E-state index < -0.39 is 5.97 Å². The van der Waals surface area contributed by atoms with Gasteiger partial charge in [0.25, 0.3) is 0 Å². The van der Waals surface area contributed by atoms with E-state index in [1.807, 2.05) is 0 Å². The minimum atomic E-state index is -0.638. The quantitative estimate of drug-likeness (QED) is 0.759. The van der Waals surface area contributed by atoms with Crippen LogP contribution in [0.25, 0.3) is 0 Å². The van der Waals surface area contributed by atoms with Gasteiger partial charge in [0.15, 0.2) is 0 Å². The van der Waals surface area contributed by atoms with Gasteiger partial charge in [-0.1, -0.05) is 12.8 Å². The number of carboxylic acids is 1. The predicted molar refractivity (Wildman–Crippen MR) is 87.9 cm³/mol. The van der Waals surface area contributed by atoms with Crippen LogP contribution in [0.15, 0.2) is 0 Å². The number of nitrogens with one attached hydrogen (secondary N) is 1. The van der Waals surface area contributed by atoms with Crippen LogP contribution in [0.2, 0.25) is 0 Å². The molecule has 0 bridgehead atoms. The van der Waals surface area contributed by atoms with Crippen LogP contribution in [0.1, 0.15) is 58.3 Å². The van der Waals surface area contributed by atoms with Crippen molar-refractivity contribution in [3.63, 3.8) is 0 Å². The highest BCUT2D eigenvalue weighted by atomic mass is 16.4. The van der Waals surface area contributed by atoms with Crippen molar-refractivity contribution in [1.82, 2.24) is 10.2 Å². The smallest absolute Gasteiger partial charge is 0.303 e. The summed E-state index contributed by atoms with van der Waals surface area (Å²) in [6.45, 7) is 5.57. The third-order valence-corrected chi connectivity index (χ3v) is 6.08. The van der Waals surface area contributed by atoms with E-state index in [1.165, 1.54) is 38.5 Å². The average Bonchev–Trinajstić information content (AvgIpc) is 3.20. The largest absolute Gasteiger partial charge is 0.481 e. The molecule has 1 aliphatic heterocycles. The van der Waals surface area contributed by atoms with Gasteiger partial charge in [-0.15, -0.1) is 0 Å². The van der Waals surface area contributed by atoms with Gasteiger partial charge < -0.3 is 10.4 Å². The Labute approximate surface area is 134 Å². The van der Waals surface area contributed by atoms with E-state index in [4.69, 9.17) is 5.11 Å². The molecule has 0 aromatic carbocycles. The highest BCUT2D eigenvalue weighted by molar-refractivity contribution is 5.67. The van der Waals surface area contributed by atoms with Crippen molar-refractivity contribution in [1.29, 1.82) is 0 Å². The van der Waals surface area contributed by atoms with Crippen molar-refractivity contribution in [2.75, 3.05) is 19.6 Å². The maximum Gasteiger partial charge on any atom is 0.303 e. The molecule has 3 fully saturated rings. The van der Waals surface area contributed by atoms with Crippen molar-refractivity contribution in [2.45, 2.75) is 70.4 Å². The van der Waals surface area contributed by atoms with Crippen molar-refractivity contribution in [2.24, 2.45) is 17.8 Å². The molecule has 4 nitrogen and oxygen atoms in total. The highest BCUT2D eigenvalue weighted by Crippen LogP contribution is 2.37. The Morgan fingerprint density at radius 1 is 1.18 bits per heavy atom. The maximum absolute atomic E-state index is 11.1. The molecule has 1 saturated heterocycles. The minimum Gasteiger partial charge on any atom is -0.481 e. The van der Waals surface area contributed by atoms with E-state index in [0.29, 0.717) is 24.4 Å². The Hall–Kier alpha value is -0.610. The Morgan fingerprint density at radius 3 is 2.55 bits per heavy atom. The lowest BCUT2D eigenvalue weighted by atomic mass is 9.89. The second-order valence-corrected chi connectivity index (χ2v) is 7.99. The SMILES string of the molecule is CC(C1CC1)N1CC(CC(=O)O)CC(NCC2CCCC2)C1. The van der Waals surface area contributed by atoms with Gasteiger partial charge in [-0.25, -0.2) is 0 Å². The zero-order chi connectivity index (χ0) is 15.5. The van der Waals surface area contributed by atoms with Crippen LogP contribution in [0.5, 0.6) is 0 Å². The van der Waals surface area contributed by atoms with Gasteiger partial charge in [0.1, 0.15) is 0 Å². The van der Waals surface area contributed by atoms with Gasteiger partial charge in [0, 0.05) is 31.6 Å². The molecule has 22 heavy (non-hydrogen) atoms. The fraction of sp³-hybridized carbons (Fsp3) is 0.944. The Bertz CT molecular complexity index is 377. The zero-order valence-electron chi connectivity index (χ0n) is 14.0. The number of piperidine rings is 1. The molecule has 2 saturated carbocycles. The summed E-state index contributed by atoms with van der Waals surface area (Å²) < 4.78 is 0. The number of nitrogens with zero attached hydrogens (tertiary/aromatic N) is 1. The normalized spacial score (nSPS) is 32.2. The molecule has 0 radical (unpaired) electrons. The molecule has 3 aliphatic rings. The summed E-state index contributed by atoms with van der Waals surface area (Å²) in [6.07, 6.45) is 9.62. The molecule has 2 N–H and O–H groups in total. The van der Waals surface area contributed by atoms with Gasteiger partial charge >= 0.3 is 5.97 Å². The first-order valence-electron chi connectivity index (χ1n) is 9.31. The molecule has 0 amide bonds. The van der Waals surface area contributed by atoms with Crippen LogP contribution in [0, 0.1) is 17.8 Å². The fourth-order valence-electron chi connectivity index (χ4n) is 4.54. The van der Waals surface area contributed by atoms with Gasteiger partial charge in [-0.3, -0.25) is 9.69 Å². The van der Waals surface area contributed by atoms with Crippen LogP contribution in [-0.4, -0.2) is 47.7 Å². The number of carboxylic acid groups (broad SMARTS) is 1. The Kier molecular flexibility index (Phi) is 5.40. The van der Waals surface area contributed by atoms with Crippen molar-refractivity contribution in [3.05, 3.63) is 0 Å². The minimum absolute atomic E-state index is 0.313. The Morgan fingerprint density at radius 2 is 1.91 bits per heavy atom. The summed E-state index contributed by atoms with van der Waals surface area (Å²) in [5.74, 6) is 1.39. The molecule has 4 heteroatoms. The van der Waals surface area contributed by atoms with Crippen LogP contribution in [0.4, 0.5) is 0 Å². The molecule has 0 aromatic rings. The van der Waals surface area contributed by atoms with Gasteiger partial charge in [0.2, 0.25) is 0 Å². The summed E-state index contributed by atoms with van der Waals surface area (Å²) in [5, 5.41) is 12.9. The topological polar surface area (TPSA) is 52.6 Å². The third-order valence-electron chi connectivity index (χ3n) is 6.08. The number of hydrogen-bond acceptors (Lipinski definition) is 3. The molecule has 0 aromatic heterocycles. The molecule has 3 rings (SSSR count). The van der Waals surface area contributed by atoms with Crippen LogP contribution in [-0.2, 0) is 4.79 Å². The zero-order valence-corrected chi connectivity index (χ0v) is 14.0. The van der Waals surface area contributed by atoms with E-state index in [2.05, 4.69) is 17.1 Å². The molecule has 3 atom stereocenters. The van der Waals surface area contributed by atoms with Crippen molar-refractivity contribution >= 4 is 5.97 Å². The lowest BCUT2D eigenvalue weighted by molar-refractivity contribution is -0.138. The Balaban J connectivity index is 1.53. The second kappa shape index (κ2) is 7.31. The van der Waals surface area contributed by atoms with E-state index in [-0.39, 0.29) is 0 Å². The fourth-order valence-corrected chi connectivity index (χ4v) is 4.54. The third kappa shape index (κ3) is 4.45. The number of hydrogen-bond donors (Lipinski definition) is 2. The van der Waals surface area contributed by atoms with E-state index in [9.17, 15) is 4.79 Å². The number of likely N-dealkylation sites (tertiary alicyclic amines) is 1. The maximum atomic E-state index is 11.1. The molecular weight excluding hydrogens is 276 g/mol. The molecule has 1 heterocycles. The number of carbonyl (C=O) groups is 1. The summed E-state index contributed by atoms with van der Waals surface area (Å²) in [6, 6.07) is 1.12. The standard InChI is InChI=1S/C18H32N2O2/c1-13(16-6-7-16)20-11-15(9-18(21)22)8-17(12-20)19-10-14-4-2-3-5-14/h13-17,19H,2-12H2,1H3,(H,21,22). The number of rotatable bonds is 7. The molecule has 126 valence electrons. The van der Waals surface area contributed by atoms with Gasteiger partial charge in [-0.2, -0.15) is 0 Å². The summed E-state index contributed by atoms with van der Waals surface area (Å²) in [7, 11) is 0. The molecular formula is C18H32N2O2. The van der Waals surface area contributed by atoms with Crippen molar-refractivity contribution < 1.29 is 9.90 Å². The lowest BCUT2D eigenvalue weighted by Gasteiger charge is -2.41. The predicted octanol–water partition coefficient (Wildman–Crippen LogP) is 2.73. The van der Waals surface area contributed by atoms with Crippen LogP contribution < -0.4 is 5.32 Å². The van der Waals surface area contributed by atoms with Gasteiger partial charge in [0.05, 0.1) is 0 Å². The average molecular weight is 308 g/mol. The summed E-state index contributed by atoms with van der Waals surface area (Å²) in [4.78, 5) is 13.7. The highest BCUT2D eigenvalue weighted by Gasteiger charge is 2.37. The molecule has 0 spiro atoms. The van der Waals surface area contributed by atoms with E-state index >= 15 is 0 Å². The number of aliphatic carboxylic acids is 1. The monoisotopic (exact) mass is 308 g/mol.